The van der Waals surface area contributed by atoms with E-state index in [4.69, 9.17) is 0 Å². The second-order valence-corrected chi connectivity index (χ2v) is 3.93. The summed E-state index contributed by atoms with van der Waals surface area (Å²) in [6.07, 6.45) is 3.91. The van der Waals surface area contributed by atoms with E-state index in [-0.39, 0.29) is 0 Å². The maximum Gasteiger partial charge on any atom is 0.0173 e. The minimum Gasteiger partial charge on any atom is -0.314 e. The molecule has 0 heterocycles. The van der Waals surface area contributed by atoms with E-state index in [9.17, 15) is 0 Å². The summed E-state index contributed by atoms with van der Waals surface area (Å²) in [6, 6.07) is 0. The van der Waals surface area contributed by atoms with Gasteiger partial charge >= 0.3 is 0 Å². The van der Waals surface area contributed by atoms with Crippen LogP contribution in [0.2, 0.25) is 0 Å². The molecule has 0 aromatic rings. The highest BCUT2D eigenvalue weighted by Gasteiger charge is 2.24. The number of hydrogen-bond donors (Lipinski definition) is 1. The predicted octanol–water partition coefficient (Wildman–Crippen LogP) is 2.81. The molecular formula is C10H23N. The average Bonchev–Trinajstić information content (AvgIpc) is 2.00. The molecule has 0 aliphatic rings. The molecule has 1 N–H and O–H groups in total. The number of rotatable bonds is 5. The molecule has 0 saturated heterocycles. The Morgan fingerprint density at radius 3 is 2.18 bits per heavy atom. The number of unbranched alkanes of at least 4 members (excludes halogenated alkanes) is 1. The predicted molar refractivity (Wildman–Crippen MR) is 51.8 cm³/mol. The van der Waals surface area contributed by atoms with Crippen molar-refractivity contribution in [2.75, 3.05) is 7.05 Å². The van der Waals surface area contributed by atoms with Crippen LogP contribution in [0.15, 0.2) is 0 Å². The molecule has 0 rings (SSSR count). The van der Waals surface area contributed by atoms with E-state index in [0.29, 0.717) is 5.54 Å². The van der Waals surface area contributed by atoms with Gasteiger partial charge in [0.2, 0.25) is 0 Å². The zero-order valence-corrected chi connectivity index (χ0v) is 8.70. The maximum absolute atomic E-state index is 3.41. The molecule has 0 radical (unpaired) electrons. The van der Waals surface area contributed by atoms with Crippen molar-refractivity contribution in [2.45, 2.75) is 52.5 Å². The second kappa shape index (κ2) is 4.76. The smallest absolute Gasteiger partial charge is 0.0173 e. The Bertz CT molecular complexity index is 99.0. The Morgan fingerprint density at radius 1 is 1.36 bits per heavy atom. The molecule has 0 aliphatic carbocycles. The quantitative estimate of drug-likeness (QED) is 0.647. The largest absolute Gasteiger partial charge is 0.314 e. The molecule has 1 unspecified atom stereocenters. The Hall–Kier alpha value is -0.0400. The van der Waals surface area contributed by atoms with Gasteiger partial charge in [0.15, 0.2) is 0 Å². The first kappa shape index (κ1) is 11.0. The average molecular weight is 157 g/mol. The fraction of sp³-hybridized carbons (Fsp3) is 1.00. The van der Waals surface area contributed by atoms with Gasteiger partial charge in [-0.1, -0.05) is 33.6 Å². The third-order valence-corrected chi connectivity index (χ3v) is 2.90. The summed E-state index contributed by atoms with van der Waals surface area (Å²) in [6.45, 7) is 9.13. The topological polar surface area (TPSA) is 12.0 Å². The van der Waals surface area contributed by atoms with Crippen LogP contribution < -0.4 is 5.32 Å². The fourth-order valence-corrected chi connectivity index (χ4v) is 1.25. The third kappa shape index (κ3) is 3.24. The van der Waals surface area contributed by atoms with E-state index in [0.717, 1.165) is 5.92 Å². The van der Waals surface area contributed by atoms with Crippen molar-refractivity contribution in [1.29, 1.82) is 0 Å². The normalized spacial score (nSPS) is 16.9. The van der Waals surface area contributed by atoms with Gasteiger partial charge in [0.1, 0.15) is 0 Å². The highest BCUT2D eigenvalue weighted by Crippen LogP contribution is 2.22. The zero-order chi connectivity index (χ0) is 8.91. The monoisotopic (exact) mass is 157 g/mol. The van der Waals surface area contributed by atoms with E-state index < -0.39 is 0 Å². The summed E-state index contributed by atoms with van der Waals surface area (Å²) < 4.78 is 0. The lowest BCUT2D eigenvalue weighted by atomic mass is 9.84. The van der Waals surface area contributed by atoms with Crippen molar-refractivity contribution in [3.63, 3.8) is 0 Å². The van der Waals surface area contributed by atoms with Crippen LogP contribution in [0, 0.1) is 5.92 Å². The van der Waals surface area contributed by atoms with Crippen molar-refractivity contribution in [2.24, 2.45) is 5.92 Å². The molecule has 0 saturated carbocycles. The van der Waals surface area contributed by atoms with Gasteiger partial charge in [0.25, 0.3) is 0 Å². The first-order valence-corrected chi connectivity index (χ1v) is 4.75. The van der Waals surface area contributed by atoms with Gasteiger partial charge in [-0.25, -0.2) is 0 Å². The first-order chi connectivity index (χ1) is 5.06. The molecular weight excluding hydrogens is 134 g/mol. The molecule has 0 aromatic carbocycles. The molecule has 0 fully saturated rings. The van der Waals surface area contributed by atoms with Gasteiger partial charge in [-0.05, 0) is 26.3 Å². The van der Waals surface area contributed by atoms with Crippen LogP contribution in [0.1, 0.15) is 47.0 Å². The fourth-order valence-electron chi connectivity index (χ4n) is 1.25. The molecule has 0 aromatic heterocycles. The van der Waals surface area contributed by atoms with Crippen LogP contribution in [-0.4, -0.2) is 12.6 Å². The lowest BCUT2D eigenvalue weighted by Crippen LogP contribution is -2.44. The molecule has 0 bridgehead atoms. The lowest BCUT2D eigenvalue weighted by Gasteiger charge is -2.33. The van der Waals surface area contributed by atoms with Gasteiger partial charge in [0.05, 0.1) is 0 Å². The Balaban J connectivity index is 3.88. The third-order valence-electron chi connectivity index (χ3n) is 2.90. The Labute approximate surface area is 71.6 Å². The standard InChI is InChI=1S/C10H23N/c1-6-7-8-10(4,11-5)9(2)3/h9,11H,6-8H2,1-5H3. The summed E-state index contributed by atoms with van der Waals surface area (Å²) >= 11 is 0. The first-order valence-electron chi connectivity index (χ1n) is 4.75. The van der Waals surface area contributed by atoms with Crippen LogP contribution in [0.5, 0.6) is 0 Å². The minimum atomic E-state index is 0.343. The minimum absolute atomic E-state index is 0.343. The summed E-state index contributed by atoms with van der Waals surface area (Å²) in [5, 5.41) is 3.41. The van der Waals surface area contributed by atoms with Crippen LogP contribution in [0.3, 0.4) is 0 Å². The van der Waals surface area contributed by atoms with Gasteiger partial charge < -0.3 is 5.32 Å². The van der Waals surface area contributed by atoms with Crippen LogP contribution in [-0.2, 0) is 0 Å². The summed E-state index contributed by atoms with van der Waals surface area (Å²) in [7, 11) is 2.07. The van der Waals surface area contributed by atoms with Crippen molar-refractivity contribution >= 4 is 0 Å². The molecule has 68 valence electrons. The summed E-state index contributed by atoms with van der Waals surface area (Å²) in [5.41, 5.74) is 0.343. The number of hydrogen-bond acceptors (Lipinski definition) is 1. The highest BCUT2D eigenvalue weighted by molar-refractivity contribution is 4.84. The van der Waals surface area contributed by atoms with Gasteiger partial charge in [-0.15, -0.1) is 0 Å². The van der Waals surface area contributed by atoms with E-state index in [1.54, 1.807) is 0 Å². The molecule has 0 aliphatic heterocycles. The molecule has 1 nitrogen and oxygen atoms in total. The summed E-state index contributed by atoms with van der Waals surface area (Å²) in [5.74, 6) is 0.721. The zero-order valence-electron chi connectivity index (χ0n) is 8.70. The second-order valence-electron chi connectivity index (χ2n) is 3.93. The van der Waals surface area contributed by atoms with Crippen molar-refractivity contribution in [3.05, 3.63) is 0 Å². The molecule has 1 heteroatoms. The van der Waals surface area contributed by atoms with Crippen LogP contribution in [0.4, 0.5) is 0 Å². The molecule has 1 atom stereocenters. The molecule has 0 amide bonds. The van der Waals surface area contributed by atoms with Crippen molar-refractivity contribution in [3.8, 4) is 0 Å². The van der Waals surface area contributed by atoms with Crippen molar-refractivity contribution in [1.82, 2.24) is 5.32 Å². The van der Waals surface area contributed by atoms with Gasteiger partial charge in [-0.3, -0.25) is 0 Å². The maximum atomic E-state index is 3.41. The van der Waals surface area contributed by atoms with E-state index >= 15 is 0 Å². The van der Waals surface area contributed by atoms with Gasteiger partial charge in [0, 0.05) is 5.54 Å². The Kier molecular flexibility index (Phi) is 4.74. The van der Waals surface area contributed by atoms with Crippen molar-refractivity contribution < 1.29 is 0 Å². The van der Waals surface area contributed by atoms with Gasteiger partial charge in [-0.2, -0.15) is 0 Å². The number of nitrogens with one attached hydrogen (secondary N) is 1. The SMILES string of the molecule is CCCCC(C)(NC)C(C)C. The van der Waals surface area contributed by atoms with E-state index in [1.807, 2.05) is 0 Å². The summed E-state index contributed by atoms with van der Waals surface area (Å²) in [4.78, 5) is 0. The Morgan fingerprint density at radius 2 is 1.91 bits per heavy atom. The highest BCUT2D eigenvalue weighted by atomic mass is 14.9. The molecule has 0 spiro atoms. The van der Waals surface area contributed by atoms with Crippen LogP contribution >= 0.6 is 0 Å². The van der Waals surface area contributed by atoms with E-state index in [1.165, 1.54) is 19.3 Å². The molecule has 11 heavy (non-hydrogen) atoms. The van der Waals surface area contributed by atoms with E-state index in [2.05, 4.69) is 40.1 Å². The van der Waals surface area contributed by atoms with Crippen LogP contribution in [0.25, 0.3) is 0 Å². The lowest BCUT2D eigenvalue weighted by molar-refractivity contribution is 0.254.